The lowest BCUT2D eigenvalue weighted by molar-refractivity contribution is 0.154. The van der Waals surface area contributed by atoms with Gasteiger partial charge in [0.05, 0.1) is 33.3 Å². The molecule has 4 heteroatoms. The van der Waals surface area contributed by atoms with Crippen LogP contribution in [0.15, 0.2) is 48.5 Å². The number of hydrogen-bond donors (Lipinski definition) is 0. The summed E-state index contributed by atoms with van der Waals surface area (Å²) < 4.78 is 10.7. The fraction of sp³-hybridized carbons (Fsp3) is 0.538. The Balaban J connectivity index is 1.66. The van der Waals surface area contributed by atoms with Gasteiger partial charge >= 0.3 is 0 Å². The molecular formula is C26H36O2Si2. The van der Waals surface area contributed by atoms with Crippen molar-refractivity contribution in [2.24, 2.45) is 11.3 Å². The maximum Gasteiger partial charge on any atom is 0.118 e. The molecule has 0 aromatic heterocycles. The van der Waals surface area contributed by atoms with Gasteiger partial charge in [0.15, 0.2) is 0 Å². The smallest absolute Gasteiger partial charge is 0.118 e. The zero-order valence-electron chi connectivity index (χ0n) is 19.3. The van der Waals surface area contributed by atoms with Crippen molar-refractivity contribution in [2.75, 3.05) is 14.2 Å². The predicted octanol–water partition coefficient (Wildman–Crippen LogP) is 5.27. The van der Waals surface area contributed by atoms with E-state index in [0.717, 1.165) is 36.5 Å². The molecule has 0 unspecified atom stereocenters. The molecule has 2 aromatic carbocycles. The summed E-state index contributed by atoms with van der Waals surface area (Å²) in [7, 11) is 5.24. The minimum atomic E-state index is 0.431. The Kier molecular flexibility index (Phi) is 7.86. The van der Waals surface area contributed by atoms with Gasteiger partial charge in [-0.25, -0.2) is 0 Å². The van der Waals surface area contributed by atoms with Gasteiger partial charge in [0.1, 0.15) is 11.5 Å². The number of hydrogen-bond acceptors (Lipinski definition) is 2. The summed E-state index contributed by atoms with van der Waals surface area (Å²) in [6, 6.07) is 18.7. The van der Waals surface area contributed by atoms with Crippen molar-refractivity contribution in [3.8, 4) is 11.5 Å². The van der Waals surface area contributed by atoms with E-state index in [1.54, 1.807) is 14.2 Å². The average molecular weight is 437 g/mol. The van der Waals surface area contributed by atoms with Gasteiger partial charge in [-0.2, -0.15) is 0 Å². The summed E-state index contributed by atoms with van der Waals surface area (Å²) in [5, 5.41) is 3.40. The van der Waals surface area contributed by atoms with Crippen molar-refractivity contribution in [3.63, 3.8) is 0 Å². The maximum atomic E-state index is 5.36. The first-order valence-corrected chi connectivity index (χ1v) is 13.3. The molecule has 1 saturated carbocycles. The van der Waals surface area contributed by atoms with Crippen LogP contribution in [0, 0.1) is 11.3 Å². The molecule has 1 fully saturated rings. The average Bonchev–Trinajstić information content (AvgIpc) is 2.74. The summed E-state index contributed by atoms with van der Waals surface area (Å²) >= 11 is 0. The molecule has 0 spiro atoms. The summed E-state index contributed by atoms with van der Waals surface area (Å²) in [6.45, 7) is 7.25. The molecule has 2 aromatic rings. The zero-order chi connectivity index (χ0) is 21.6. The van der Waals surface area contributed by atoms with Crippen molar-refractivity contribution < 1.29 is 9.47 Å². The SMILES string of the molecule is COc1ccc([Si]CCC2([Si]c3ccc(OC)cc3)CCC(C(C)(C)C)CC2)cc1. The van der Waals surface area contributed by atoms with Crippen molar-refractivity contribution in [1.82, 2.24) is 0 Å². The van der Waals surface area contributed by atoms with E-state index in [9.17, 15) is 0 Å². The molecule has 30 heavy (non-hydrogen) atoms. The topological polar surface area (TPSA) is 18.5 Å². The molecule has 160 valence electrons. The van der Waals surface area contributed by atoms with E-state index in [4.69, 9.17) is 9.47 Å². The van der Waals surface area contributed by atoms with Crippen LogP contribution in [0.2, 0.25) is 11.1 Å². The molecule has 2 nitrogen and oxygen atoms in total. The Labute approximate surface area is 188 Å². The molecule has 0 bridgehead atoms. The van der Waals surface area contributed by atoms with Crippen molar-refractivity contribution in [1.29, 1.82) is 0 Å². The number of rotatable bonds is 8. The molecule has 0 saturated heterocycles. The van der Waals surface area contributed by atoms with Crippen LogP contribution in [0.3, 0.4) is 0 Å². The molecule has 4 radical (unpaired) electrons. The molecule has 1 aliphatic carbocycles. The molecule has 1 aliphatic rings. The number of methoxy groups -OCH3 is 2. The summed E-state index contributed by atoms with van der Waals surface area (Å²) in [4.78, 5) is 0. The standard InChI is InChI=1S/C26H36O2Si2/c1-25(2,3)20-14-16-26(17-15-20,30-24-12-8-22(28-5)9-13-24)18-19-29-23-10-6-21(27-4)7-11-23/h6-13,20H,14-19H2,1-5H3. The minimum Gasteiger partial charge on any atom is -0.497 e. The molecule has 3 rings (SSSR count). The van der Waals surface area contributed by atoms with Crippen LogP contribution < -0.4 is 19.8 Å². The Morgan fingerprint density at radius 3 is 1.80 bits per heavy atom. The number of benzene rings is 2. The van der Waals surface area contributed by atoms with Crippen LogP contribution in [0.4, 0.5) is 0 Å². The van der Waals surface area contributed by atoms with Gasteiger partial charge < -0.3 is 9.47 Å². The van der Waals surface area contributed by atoms with Gasteiger partial charge in [0.25, 0.3) is 0 Å². The molecule has 0 amide bonds. The minimum absolute atomic E-state index is 0.431. The monoisotopic (exact) mass is 436 g/mol. The molecule has 0 heterocycles. The van der Waals surface area contributed by atoms with Gasteiger partial charge in [-0.3, -0.25) is 0 Å². The highest BCUT2D eigenvalue weighted by molar-refractivity contribution is 6.57. The number of ether oxygens (including phenoxy) is 2. The zero-order valence-corrected chi connectivity index (χ0v) is 21.3. The highest BCUT2D eigenvalue weighted by Crippen LogP contribution is 2.51. The first-order valence-electron chi connectivity index (χ1n) is 11.1. The molecule has 0 atom stereocenters. The van der Waals surface area contributed by atoms with Crippen molar-refractivity contribution in [3.05, 3.63) is 48.5 Å². The summed E-state index contributed by atoms with van der Waals surface area (Å²) in [5.74, 6) is 2.76. The first-order chi connectivity index (χ1) is 14.3. The second-order valence-electron chi connectivity index (χ2n) is 9.68. The molecule has 0 N–H and O–H groups in total. The second kappa shape index (κ2) is 10.2. The van der Waals surface area contributed by atoms with E-state index in [0.29, 0.717) is 10.5 Å². The third-order valence-electron chi connectivity index (χ3n) is 6.69. The van der Waals surface area contributed by atoms with Gasteiger partial charge in [-0.1, -0.05) is 67.9 Å². The van der Waals surface area contributed by atoms with Crippen LogP contribution in [-0.2, 0) is 0 Å². The Morgan fingerprint density at radius 1 is 0.833 bits per heavy atom. The highest BCUT2D eigenvalue weighted by Gasteiger charge is 2.38. The first kappa shape index (κ1) is 23.1. The van der Waals surface area contributed by atoms with E-state index in [1.807, 2.05) is 0 Å². The maximum absolute atomic E-state index is 5.36. The van der Waals surface area contributed by atoms with Gasteiger partial charge in [0.2, 0.25) is 0 Å². The van der Waals surface area contributed by atoms with Crippen LogP contribution >= 0.6 is 0 Å². The summed E-state index contributed by atoms with van der Waals surface area (Å²) in [5.41, 5.74) is 0.431. The fourth-order valence-corrected chi connectivity index (χ4v) is 7.89. The second-order valence-corrected chi connectivity index (χ2v) is 13.0. The van der Waals surface area contributed by atoms with Crippen molar-refractivity contribution >= 4 is 29.4 Å². The van der Waals surface area contributed by atoms with Crippen LogP contribution in [0.1, 0.15) is 52.9 Å². The quantitative estimate of drug-likeness (QED) is 0.525. The van der Waals surface area contributed by atoms with Crippen LogP contribution in [0.25, 0.3) is 0 Å². The van der Waals surface area contributed by atoms with Crippen molar-refractivity contribution in [2.45, 2.75) is 64.0 Å². The predicted molar refractivity (Wildman–Crippen MR) is 130 cm³/mol. The van der Waals surface area contributed by atoms with Gasteiger partial charge in [0, 0.05) is 0 Å². The van der Waals surface area contributed by atoms with E-state index in [-0.39, 0.29) is 0 Å². The van der Waals surface area contributed by atoms with Crippen LogP contribution in [-0.4, -0.2) is 33.3 Å². The van der Waals surface area contributed by atoms with E-state index < -0.39 is 0 Å². The Morgan fingerprint density at radius 2 is 1.33 bits per heavy atom. The van der Waals surface area contributed by atoms with E-state index >= 15 is 0 Å². The third kappa shape index (κ3) is 6.24. The largest absolute Gasteiger partial charge is 0.497 e. The lowest BCUT2D eigenvalue weighted by Gasteiger charge is -2.44. The molecular weight excluding hydrogens is 400 g/mol. The third-order valence-corrected chi connectivity index (χ3v) is 9.83. The highest BCUT2D eigenvalue weighted by atomic mass is 28.2. The van der Waals surface area contributed by atoms with Gasteiger partial charge in [-0.15, -0.1) is 0 Å². The summed E-state index contributed by atoms with van der Waals surface area (Å²) in [6.07, 6.45) is 6.81. The lowest BCUT2D eigenvalue weighted by Crippen LogP contribution is -2.36. The lowest BCUT2D eigenvalue weighted by atomic mass is 9.69. The molecule has 0 aliphatic heterocycles. The normalized spacial score (nSPS) is 22.0. The van der Waals surface area contributed by atoms with Gasteiger partial charge in [-0.05, 0) is 66.3 Å². The van der Waals surface area contributed by atoms with E-state index in [2.05, 4.69) is 69.3 Å². The van der Waals surface area contributed by atoms with E-state index in [1.165, 1.54) is 48.5 Å². The van der Waals surface area contributed by atoms with Crippen LogP contribution in [0.5, 0.6) is 11.5 Å². The fourth-order valence-electron chi connectivity index (χ4n) is 4.61. The Hall–Kier alpha value is -1.53. The Bertz CT molecular complexity index is 770.